The number of aliphatic hydroxyl groups is 1. The first-order valence-corrected chi connectivity index (χ1v) is 22.0. The Hall–Kier alpha value is -2.88. The molecule has 1 fully saturated rings. The molecule has 0 aliphatic carbocycles. The third kappa shape index (κ3) is 15.0. The van der Waals surface area contributed by atoms with Crippen LogP contribution in [-0.2, 0) is 62.4 Å². The summed E-state index contributed by atoms with van der Waals surface area (Å²) >= 11 is 0. The molecule has 1 saturated heterocycles. The van der Waals surface area contributed by atoms with Crippen molar-refractivity contribution in [3.05, 3.63) is 35.0 Å². The first-order chi connectivity index (χ1) is 26.3. The topological polar surface area (TPSA) is 193 Å². The van der Waals surface area contributed by atoms with Gasteiger partial charge in [0.15, 0.2) is 37.5 Å². The van der Waals surface area contributed by atoms with Gasteiger partial charge in [-0.05, 0) is 59.8 Å². The molecule has 13 nitrogen and oxygen atoms in total. The molecule has 1 aliphatic heterocycles. The Balaban J connectivity index is 0.000000409. The molecule has 3 rings (SSSR count). The van der Waals surface area contributed by atoms with Crippen LogP contribution in [0.15, 0.2) is 21.2 Å². The molecule has 0 bridgehead atoms. The Labute approximate surface area is 335 Å². The summed E-state index contributed by atoms with van der Waals surface area (Å²) in [7, 11) is -8.17. The molecule has 334 valence electrons. The lowest BCUT2D eigenvalue weighted by Gasteiger charge is -2.28. The number of hydrogen-bond acceptors (Lipinski definition) is 13. The molecule has 1 unspecified atom stereocenters. The fraction of sp³-hybridized carbons (Fsp3) is 0.784. The smallest absolute Gasteiger partial charge is 0.389 e. The van der Waals surface area contributed by atoms with Gasteiger partial charge in [-0.15, -0.1) is 0 Å². The van der Waals surface area contributed by atoms with Crippen LogP contribution in [-0.4, -0.2) is 103 Å². The number of rotatable bonds is 20. The maximum atomic E-state index is 12.7. The van der Waals surface area contributed by atoms with E-state index in [1.54, 1.807) is 19.9 Å². The zero-order valence-electron chi connectivity index (χ0n) is 34.1. The average molecular weight is 883 g/mol. The second kappa shape index (κ2) is 19.7. The first-order valence-electron chi connectivity index (χ1n) is 18.7. The van der Waals surface area contributed by atoms with E-state index in [0.717, 1.165) is 19.3 Å². The summed E-state index contributed by atoms with van der Waals surface area (Å²) in [5.41, 5.74) is -0.273. The molecular weight excluding hydrogens is 827 g/mol. The molecule has 21 heteroatoms. The van der Waals surface area contributed by atoms with Gasteiger partial charge >= 0.3 is 12.4 Å². The number of carbonyl (C=O) groups is 2. The van der Waals surface area contributed by atoms with E-state index in [2.05, 4.69) is 10.3 Å². The third-order valence-electron chi connectivity index (χ3n) is 9.98. The molecule has 58 heavy (non-hydrogen) atoms. The third-order valence-corrected chi connectivity index (χ3v) is 15.2. The van der Waals surface area contributed by atoms with E-state index in [-0.39, 0.29) is 37.3 Å². The van der Waals surface area contributed by atoms with Crippen molar-refractivity contribution in [3.8, 4) is 0 Å². The number of aromatic nitrogens is 2. The van der Waals surface area contributed by atoms with E-state index in [1.807, 2.05) is 13.8 Å². The van der Waals surface area contributed by atoms with Gasteiger partial charge in [-0.1, -0.05) is 38.0 Å². The maximum absolute atomic E-state index is 12.7. The van der Waals surface area contributed by atoms with Gasteiger partial charge in [0.1, 0.15) is 21.0 Å². The normalized spacial score (nSPS) is 16.5. The van der Waals surface area contributed by atoms with Crippen molar-refractivity contribution >= 4 is 31.2 Å². The zero-order valence-corrected chi connectivity index (χ0v) is 35.8. The van der Waals surface area contributed by atoms with Crippen molar-refractivity contribution in [1.82, 2.24) is 10.3 Å². The molecule has 2 aromatic rings. The van der Waals surface area contributed by atoms with E-state index < -0.39 is 101 Å². The highest BCUT2D eigenvalue weighted by molar-refractivity contribution is 7.93. The monoisotopic (exact) mass is 882 g/mol. The van der Waals surface area contributed by atoms with Crippen LogP contribution in [0.1, 0.15) is 123 Å². The van der Waals surface area contributed by atoms with Gasteiger partial charge in [0.2, 0.25) is 0 Å². The van der Waals surface area contributed by atoms with Crippen LogP contribution in [0.2, 0.25) is 0 Å². The van der Waals surface area contributed by atoms with Crippen LogP contribution in [0.4, 0.5) is 26.3 Å². The fourth-order valence-corrected chi connectivity index (χ4v) is 8.16. The Bertz CT molecular complexity index is 1880. The molecule has 2 aromatic heterocycles. The van der Waals surface area contributed by atoms with E-state index in [1.165, 1.54) is 33.8 Å². The molecule has 0 spiro atoms. The van der Waals surface area contributed by atoms with Crippen LogP contribution in [0.25, 0.3) is 0 Å². The number of alkyl halides is 6. The van der Waals surface area contributed by atoms with Gasteiger partial charge in [0.05, 0.1) is 48.9 Å². The number of aliphatic hydroxyl groups excluding tert-OH is 1. The Morgan fingerprint density at radius 1 is 0.724 bits per heavy atom. The molecule has 1 N–H and O–H groups in total. The van der Waals surface area contributed by atoms with Crippen molar-refractivity contribution in [2.24, 2.45) is 0 Å². The van der Waals surface area contributed by atoms with Crippen molar-refractivity contribution in [1.29, 1.82) is 0 Å². The number of nitrogens with zero attached hydrogens (tertiary/aromatic N) is 2. The maximum Gasteiger partial charge on any atom is 0.389 e. The number of ether oxygens (including phenoxy) is 2. The van der Waals surface area contributed by atoms with Gasteiger partial charge in [0, 0.05) is 42.4 Å². The van der Waals surface area contributed by atoms with Crippen LogP contribution in [0.3, 0.4) is 0 Å². The summed E-state index contributed by atoms with van der Waals surface area (Å²) in [6, 6.07) is 3.04. The molecule has 0 radical (unpaired) electrons. The second-order valence-corrected chi connectivity index (χ2v) is 22.0. The summed E-state index contributed by atoms with van der Waals surface area (Å²) in [6.07, 6.45) is -10.6. The van der Waals surface area contributed by atoms with Crippen molar-refractivity contribution in [3.63, 3.8) is 0 Å². The van der Waals surface area contributed by atoms with E-state index >= 15 is 0 Å². The number of ketones is 2. The number of hydrogen-bond donors (Lipinski definition) is 1. The van der Waals surface area contributed by atoms with Crippen LogP contribution in [0.5, 0.6) is 0 Å². The minimum Gasteiger partial charge on any atom is -0.395 e. The van der Waals surface area contributed by atoms with Crippen LogP contribution in [0, 0.1) is 0 Å². The predicted molar refractivity (Wildman–Crippen MR) is 199 cm³/mol. The Morgan fingerprint density at radius 3 is 1.50 bits per heavy atom. The first kappa shape index (κ1) is 51.3. The predicted octanol–water partition coefficient (Wildman–Crippen LogP) is 6.73. The highest BCUT2D eigenvalue weighted by atomic mass is 32.2. The molecule has 1 aliphatic rings. The van der Waals surface area contributed by atoms with Crippen LogP contribution >= 0.6 is 0 Å². The lowest BCUT2D eigenvalue weighted by molar-refractivity contribution is -0.170. The SMILES string of the molecule is CC(C)(CO)c1cc(CC(=O)C(C)(C)S(=O)(=O)CCCC(F)(F)F)on1.CC(C)(COC1CCCCO1)c1cc(CC(=O)C(C)(C)S(=O)(=O)CCCC(F)(F)F)on1. The minimum atomic E-state index is -4.45. The molecular formula is C37H56F6N2O11S2. The number of halogens is 6. The lowest BCUT2D eigenvalue weighted by atomic mass is 9.90. The highest BCUT2D eigenvalue weighted by Gasteiger charge is 2.43. The molecule has 0 amide bonds. The summed E-state index contributed by atoms with van der Waals surface area (Å²) in [5, 5.41) is 17.1. The zero-order chi connectivity index (χ0) is 44.6. The van der Waals surface area contributed by atoms with Crippen molar-refractivity contribution in [2.75, 3.05) is 31.3 Å². The highest BCUT2D eigenvalue weighted by Crippen LogP contribution is 2.30. The van der Waals surface area contributed by atoms with Gasteiger partial charge < -0.3 is 23.6 Å². The summed E-state index contributed by atoms with van der Waals surface area (Å²) < 4.78 is 141. The quantitative estimate of drug-likeness (QED) is 0.138. The molecule has 1 atom stereocenters. The van der Waals surface area contributed by atoms with Crippen molar-refractivity contribution < 1.29 is 76.4 Å². The van der Waals surface area contributed by atoms with E-state index in [4.69, 9.17) is 18.5 Å². The summed E-state index contributed by atoms with van der Waals surface area (Å²) in [4.78, 5) is 25.1. The second-order valence-electron chi connectivity index (χ2n) is 16.7. The Morgan fingerprint density at radius 2 is 1.14 bits per heavy atom. The largest absolute Gasteiger partial charge is 0.395 e. The number of Topliss-reactive ketones (excluding diaryl/α,β-unsaturated/α-hetero) is 2. The molecule has 3 heterocycles. The molecule has 0 saturated carbocycles. The van der Waals surface area contributed by atoms with Crippen LogP contribution < -0.4 is 0 Å². The van der Waals surface area contributed by atoms with E-state index in [9.17, 15) is 57.9 Å². The van der Waals surface area contributed by atoms with Gasteiger partial charge in [0.25, 0.3) is 0 Å². The summed E-state index contributed by atoms with van der Waals surface area (Å²) in [6.45, 7) is 12.8. The standard InChI is InChI=1S/C21H32F3NO6S.C16H24F3NO5S/c1-19(2,14-30-18-8-5-6-10-29-18)16-12-15(31-25-16)13-17(26)20(3,4)32(27,28)11-7-9-21(22,23)24;1-14(2,10-21)12-8-11(25-20-12)9-13(22)15(3,4)26(23,24)7-5-6-16(17,18)19/h12,18H,5-11,13-14H2,1-4H3;8,21H,5-7,9-10H2,1-4H3. The van der Waals surface area contributed by atoms with Gasteiger partial charge in [-0.25, -0.2) is 16.8 Å². The van der Waals surface area contributed by atoms with Crippen molar-refractivity contribution in [2.45, 2.75) is 152 Å². The lowest BCUT2D eigenvalue weighted by Crippen LogP contribution is -2.43. The van der Waals surface area contributed by atoms with Gasteiger partial charge in [-0.3, -0.25) is 9.59 Å². The number of sulfone groups is 2. The minimum absolute atomic E-state index is 0.130. The number of carbonyl (C=O) groups excluding carboxylic acids is 2. The van der Waals surface area contributed by atoms with Gasteiger partial charge in [-0.2, -0.15) is 26.3 Å². The molecule has 0 aromatic carbocycles. The fourth-order valence-electron chi connectivity index (χ4n) is 5.25. The summed E-state index contributed by atoms with van der Waals surface area (Å²) in [5.74, 6) is -2.51. The Kier molecular flexibility index (Phi) is 17.4. The van der Waals surface area contributed by atoms with E-state index in [0.29, 0.717) is 24.6 Å². The average Bonchev–Trinajstić information content (AvgIpc) is 3.77.